The molecule has 2 aromatic heterocycles. The number of carbonyl (C=O) groups is 2. The Bertz CT molecular complexity index is 1510. The van der Waals surface area contributed by atoms with Crippen LogP contribution in [0.3, 0.4) is 0 Å². The highest BCUT2D eigenvalue weighted by Crippen LogP contribution is 2.38. The first kappa shape index (κ1) is 24.9. The van der Waals surface area contributed by atoms with Gasteiger partial charge in [-0.25, -0.2) is 9.67 Å². The van der Waals surface area contributed by atoms with Crippen molar-refractivity contribution in [3.8, 4) is 5.75 Å². The van der Waals surface area contributed by atoms with E-state index in [1.54, 1.807) is 18.8 Å². The lowest BCUT2D eigenvalue weighted by Crippen LogP contribution is -2.36. The highest BCUT2D eigenvalue weighted by molar-refractivity contribution is 7.13. The molecule has 0 radical (unpaired) electrons. The minimum absolute atomic E-state index is 0.00526. The highest BCUT2D eigenvalue weighted by atomic mass is 32.1. The maximum absolute atomic E-state index is 13.3. The molecule has 2 aromatic carbocycles. The van der Waals surface area contributed by atoms with Gasteiger partial charge in [-0.1, -0.05) is 30.3 Å². The number of thiazole rings is 1. The lowest BCUT2D eigenvalue weighted by molar-refractivity contribution is -0.137. The van der Waals surface area contributed by atoms with E-state index < -0.39 is 11.9 Å². The van der Waals surface area contributed by atoms with Crippen molar-refractivity contribution in [3.05, 3.63) is 68.2 Å². The molecule has 0 fully saturated rings. The third-order valence-corrected chi connectivity index (χ3v) is 8.28. The van der Waals surface area contributed by atoms with Gasteiger partial charge in [-0.3, -0.25) is 9.59 Å². The summed E-state index contributed by atoms with van der Waals surface area (Å²) < 4.78 is 7.26. The molecule has 1 amide bonds. The number of hydrogen-bond acceptors (Lipinski definition) is 7. The molecule has 1 aliphatic rings. The molecule has 37 heavy (non-hydrogen) atoms. The summed E-state index contributed by atoms with van der Waals surface area (Å²) >= 11 is 1.47. The van der Waals surface area contributed by atoms with E-state index in [0.29, 0.717) is 35.7 Å². The van der Waals surface area contributed by atoms with Crippen LogP contribution in [-0.4, -0.2) is 55.5 Å². The number of hydrogen-bond donors (Lipinski definition) is 1. The molecule has 10 heteroatoms. The van der Waals surface area contributed by atoms with Gasteiger partial charge in [-0.05, 0) is 54.2 Å². The lowest BCUT2D eigenvalue weighted by atomic mass is 9.82. The van der Waals surface area contributed by atoms with Gasteiger partial charge in [0.05, 0.1) is 24.2 Å². The van der Waals surface area contributed by atoms with Gasteiger partial charge in [0.2, 0.25) is 0 Å². The van der Waals surface area contributed by atoms with E-state index in [1.165, 1.54) is 11.3 Å². The summed E-state index contributed by atoms with van der Waals surface area (Å²) in [6.07, 6.45) is 1.38. The molecule has 1 atom stereocenters. The molecule has 9 nitrogen and oxygen atoms in total. The van der Waals surface area contributed by atoms with E-state index in [-0.39, 0.29) is 12.3 Å². The Kier molecular flexibility index (Phi) is 6.68. The van der Waals surface area contributed by atoms with E-state index in [1.807, 2.05) is 49.1 Å². The molecule has 3 heterocycles. The first-order valence-corrected chi connectivity index (χ1v) is 13.1. The molecule has 0 bridgehead atoms. The van der Waals surface area contributed by atoms with Gasteiger partial charge in [0.15, 0.2) is 0 Å². The largest absolute Gasteiger partial charge is 0.494 e. The van der Waals surface area contributed by atoms with Gasteiger partial charge in [0, 0.05) is 26.1 Å². The molecule has 1 unspecified atom stereocenters. The van der Waals surface area contributed by atoms with Crippen molar-refractivity contribution in [2.24, 2.45) is 7.05 Å². The van der Waals surface area contributed by atoms with Gasteiger partial charge >= 0.3 is 5.97 Å². The number of aryl methyl sites for hydroxylation is 3. The van der Waals surface area contributed by atoms with Crippen molar-refractivity contribution in [2.45, 2.75) is 45.6 Å². The van der Waals surface area contributed by atoms with Crippen molar-refractivity contribution in [1.29, 1.82) is 0 Å². The number of ether oxygens (including phenoxy) is 1. The number of carboxylic acids is 1. The normalized spacial score (nSPS) is 14.0. The molecule has 1 N–H and O–H groups in total. The topological polar surface area (TPSA) is 110 Å². The first-order valence-electron chi connectivity index (χ1n) is 12.3. The summed E-state index contributed by atoms with van der Waals surface area (Å²) in [5.74, 6) is -0.680. The number of rotatable bonds is 7. The quantitative estimate of drug-likeness (QED) is 0.391. The Morgan fingerprint density at radius 2 is 2.08 bits per heavy atom. The summed E-state index contributed by atoms with van der Waals surface area (Å²) in [5, 5.41) is 19.1. The molecule has 0 saturated heterocycles. The van der Waals surface area contributed by atoms with Crippen molar-refractivity contribution in [2.75, 3.05) is 13.7 Å². The van der Waals surface area contributed by atoms with Crippen LogP contribution >= 0.6 is 11.3 Å². The van der Waals surface area contributed by atoms with Crippen LogP contribution in [-0.2, 0) is 31.2 Å². The Morgan fingerprint density at radius 3 is 2.78 bits per heavy atom. The molecule has 1 aliphatic heterocycles. The Labute approximate surface area is 218 Å². The van der Waals surface area contributed by atoms with Gasteiger partial charge < -0.3 is 14.7 Å². The Morgan fingerprint density at radius 1 is 1.27 bits per heavy atom. The van der Waals surface area contributed by atoms with Gasteiger partial charge in [-0.15, -0.1) is 16.4 Å². The minimum atomic E-state index is -0.888. The number of aromatic nitrogens is 4. The second-order valence-electron chi connectivity index (χ2n) is 9.29. The second kappa shape index (κ2) is 9.93. The van der Waals surface area contributed by atoms with E-state index in [9.17, 15) is 14.7 Å². The van der Waals surface area contributed by atoms with E-state index in [2.05, 4.69) is 15.3 Å². The SMILES string of the molecule is CCc1nc(C)c(C(=O)N2CCc3c(cccc3C(CC(=O)O)c3cc(OC)c4c(c3)nnn4C)C2)s1. The number of fused-ring (bicyclic) bond motifs is 2. The average molecular weight is 520 g/mol. The molecule has 192 valence electrons. The van der Waals surface area contributed by atoms with Gasteiger partial charge in [0.25, 0.3) is 5.91 Å². The maximum atomic E-state index is 13.3. The van der Waals surface area contributed by atoms with Crippen LogP contribution in [0.2, 0.25) is 0 Å². The Balaban J connectivity index is 1.52. The zero-order valence-corrected chi connectivity index (χ0v) is 22.1. The number of carboxylic acid groups (broad SMARTS) is 1. The predicted molar refractivity (Wildman–Crippen MR) is 140 cm³/mol. The summed E-state index contributed by atoms with van der Waals surface area (Å²) in [5.41, 5.74) is 6.10. The predicted octanol–water partition coefficient (Wildman–Crippen LogP) is 4.11. The van der Waals surface area contributed by atoms with Crippen LogP contribution in [0.5, 0.6) is 5.75 Å². The monoisotopic (exact) mass is 519 g/mol. The molecule has 4 aromatic rings. The maximum Gasteiger partial charge on any atom is 0.304 e. The number of methoxy groups -OCH3 is 1. The molecular formula is C27H29N5O4S. The minimum Gasteiger partial charge on any atom is -0.494 e. The number of aliphatic carboxylic acids is 1. The zero-order valence-electron chi connectivity index (χ0n) is 21.3. The molecule has 0 saturated carbocycles. The first-order chi connectivity index (χ1) is 17.8. The van der Waals surface area contributed by atoms with Crippen LogP contribution in [0.25, 0.3) is 11.0 Å². The van der Waals surface area contributed by atoms with Crippen LogP contribution in [0.1, 0.15) is 61.9 Å². The Hall–Kier alpha value is -3.79. The van der Waals surface area contributed by atoms with Crippen LogP contribution in [0.15, 0.2) is 30.3 Å². The van der Waals surface area contributed by atoms with Crippen LogP contribution in [0.4, 0.5) is 0 Å². The summed E-state index contributed by atoms with van der Waals surface area (Å²) in [4.78, 5) is 32.4. The zero-order chi connectivity index (χ0) is 26.3. The summed E-state index contributed by atoms with van der Waals surface area (Å²) in [6, 6.07) is 9.75. The fourth-order valence-corrected chi connectivity index (χ4v) is 6.17. The second-order valence-corrected chi connectivity index (χ2v) is 10.4. The molecular weight excluding hydrogens is 490 g/mol. The molecule has 0 aliphatic carbocycles. The number of carbonyl (C=O) groups excluding carboxylic acids is 1. The average Bonchev–Trinajstić information content (AvgIpc) is 3.47. The van der Waals surface area contributed by atoms with Gasteiger partial charge in [0.1, 0.15) is 21.7 Å². The summed E-state index contributed by atoms with van der Waals surface area (Å²) in [7, 11) is 3.38. The van der Waals surface area contributed by atoms with Crippen molar-refractivity contribution in [3.63, 3.8) is 0 Å². The van der Waals surface area contributed by atoms with E-state index in [0.717, 1.165) is 44.9 Å². The number of nitrogens with zero attached hydrogens (tertiary/aromatic N) is 5. The lowest BCUT2D eigenvalue weighted by Gasteiger charge is -2.31. The van der Waals surface area contributed by atoms with Crippen LogP contribution in [0, 0.1) is 6.92 Å². The standard InChI is InChI=1S/C27H29N5O4S/c1-5-23-28-15(2)26(37-23)27(35)32-10-9-18-16(14-32)7-6-8-19(18)20(13-24(33)34)17-11-21-25(22(12-17)36-4)31(3)30-29-21/h6-8,11-12,20H,5,9-10,13-14H2,1-4H3,(H,33,34). The van der Waals surface area contributed by atoms with Crippen LogP contribution < -0.4 is 4.74 Å². The third-order valence-electron chi connectivity index (χ3n) is 6.99. The van der Waals surface area contributed by atoms with Crippen molar-refractivity contribution < 1.29 is 19.4 Å². The van der Waals surface area contributed by atoms with E-state index >= 15 is 0 Å². The number of benzene rings is 2. The van der Waals surface area contributed by atoms with Gasteiger partial charge in [-0.2, -0.15) is 0 Å². The number of amides is 1. The van der Waals surface area contributed by atoms with E-state index in [4.69, 9.17) is 4.74 Å². The fraction of sp³-hybridized carbons (Fsp3) is 0.370. The smallest absolute Gasteiger partial charge is 0.304 e. The van der Waals surface area contributed by atoms with Crippen molar-refractivity contribution >= 4 is 34.2 Å². The molecule has 0 spiro atoms. The summed E-state index contributed by atoms with van der Waals surface area (Å²) in [6.45, 7) is 4.97. The third kappa shape index (κ3) is 4.57. The molecule has 5 rings (SSSR count). The highest BCUT2D eigenvalue weighted by Gasteiger charge is 2.29. The van der Waals surface area contributed by atoms with Crippen molar-refractivity contribution in [1.82, 2.24) is 24.9 Å². The fourth-order valence-electron chi connectivity index (χ4n) is 5.20.